The Morgan fingerprint density at radius 3 is 2.05 bits per heavy atom. The Kier molecular flexibility index (Phi) is 9.06. The first-order valence-electron chi connectivity index (χ1n) is 12.4. The fourth-order valence-corrected chi connectivity index (χ4v) is 4.35. The van der Waals surface area contributed by atoms with Gasteiger partial charge in [0.25, 0.3) is 0 Å². The first-order chi connectivity index (χ1) is 18.0. The van der Waals surface area contributed by atoms with Crippen molar-refractivity contribution in [2.45, 2.75) is 19.4 Å². The summed E-state index contributed by atoms with van der Waals surface area (Å²) < 4.78 is 27.6. The molecular formula is C30H35NO6. The molecule has 0 aromatic heterocycles. The van der Waals surface area contributed by atoms with E-state index in [1.807, 2.05) is 55.4 Å². The molecule has 4 rings (SSSR count). The number of methoxy groups -OCH3 is 1. The number of likely N-dealkylation sites (N-methyl/N-ethyl adjacent to an activating group) is 1. The van der Waals surface area contributed by atoms with Gasteiger partial charge >= 0.3 is 0 Å². The van der Waals surface area contributed by atoms with Crippen LogP contribution in [0.5, 0.6) is 23.0 Å². The molecule has 1 atom stereocenters. The number of hydrogen-bond acceptors (Lipinski definition) is 7. The molecular weight excluding hydrogens is 470 g/mol. The summed E-state index contributed by atoms with van der Waals surface area (Å²) in [6.07, 6.45) is 0.257. The molecule has 7 heteroatoms. The molecule has 0 bridgehead atoms. The molecule has 1 aliphatic heterocycles. The van der Waals surface area contributed by atoms with Crippen molar-refractivity contribution >= 4 is 11.1 Å². The highest BCUT2D eigenvalue weighted by atomic mass is 16.7. The van der Waals surface area contributed by atoms with Gasteiger partial charge in [-0.15, -0.1) is 0 Å². The molecule has 1 heterocycles. The number of aliphatic hydroxyl groups is 1. The standard InChI is InChI=1S/C30H35NO6/c1-5-27(23-10-15-28-29(16-23)37-20-36-28)30(22-8-13-26(14-9-22)35-19-33-4)21-6-11-25(12-7-21)34-18-24(32)17-31(2)3/h6-16,24,32H,5,17-20H2,1-4H3. The summed E-state index contributed by atoms with van der Waals surface area (Å²) in [4.78, 5) is 1.93. The molecule has 0 radical (unpaired) electrons. The Labute approximate surface area is 218 Å². The van der Waals surface area contributed by atoms with Gasteiger partial charge in [0.15, 0.2) is 18.3 Å². The maximum atomic E-state index is 10.1. The number of nitrogens with zero attached hydrogens (tertiary/aromatic N) is 1. The predicted molar refractivity (Wildman–Crippen MR) is 144 cm³/mol. The summed E-state index contributed by atoms with van der Waals surface area (Å²) >= 11 is 0. The van der Waals surface area contributed by atoms with E-state index in [4.69, 9.17) is 23.7 Å². The number of ether oxygens (including phenoxy) is 5. The van der Waals surface area contributed by atoms with Gasteiger partial charge in [-0.25, -0.2) is 0 Å². The number of rotatable bonds is 12. The zero-order valence-corrected chi connectivity index (χ0v) is 21.9. The Hall–Kier alpha value is -3.52. The van der Waals surface area contributed by atoms with E-state index in [1.54, 1.807) is 7.11 Å². The van der Waals surface area contributed by atoms with E-state index in [0.717, 1.165) is 45.9 Å². The minimum absolute atomic E-state index is 0.199. The van der Waals surface area contributed by atoms with Crippen LogP contribution in [0.2, 0.25) is 0 Å². The highest BCUT2D eigenvalue weighted by Crippen LogP contribution is 2.40. The quantitative estimate of drug-likeness (QED) is 0.272. The summed E-state index contributed by atoms with van der Waals surface area (Å²) in [7, 11) is 5.45. The van der Waals surface area contributed by atoms with Crippen molar-refractivity contribution in [3.8, 4) is 23.0 Å². The molecule has 3 aromatic carbocycles. The summed E-state index contributed by atoms with van der Waals surface area (Å²) in [6, 6.07) is 22.1. The van der Waals surface area contributed by atoms with Crippen molar-refractivity contribution in [1.82, 2.24) is 4.90 Å². The zero-order valence-electron chi connectivity index (χ0n) is 21.9. The number of fused-ring (bicyclic) bond motifs is 1. The Bertz CT molecular complexity index is 1190. The van der Waals surface area contributed by atoms with Crippen molar-refractivity contribution in [2.24, 2.45) is 0 Å². The number of hydrogen-bond donors (Lipinski definition) is 1. The van der Waals surface area contributed by atoms with Gasteiger partial charge in [0.1, 0.15) is 24.2 Å². The monoisotopic (exact) mass is 505 g/mol. The molecule has 0 aliphatic carbocycles. The smallest absolute Gasteiger partial charge is 0.231 e. The SMILES string of the molecule is CCC(=C(c1ccc(OCOC)cc1)c1ccc(OCC(O)CN(C)C)cc1)c1ccc2c(c1)OCO2. The van der Waals surface area contributed by atoms with Crippen LogP contribution in [0.4, 0.5) is 0 Å². The Balaban J connectivity index is 1.69. The van der Waals surface area contributed by atoms with Gasteiger partial charge in [0.2, 0.25) is 6.79 Å². The van der Waals surface area contributed by atoms with Gasteiger partial charge in [-0.3, -0.25) is 0 Å². The molecule has 3 aromatic rings. The second-order valence-corrected chi connectivity index (χ2v) is 9.10. The van der Waals surface area contributed by atoms with Crippen LogP contribution in [0.3, 0.4) is 0 Å². The second kappa shape index (κ2) is 12.6. The van der Waals surface area contributed by atoms with Crippen LogP contribution >= 0.6 is 0 Å². The van der Waals surface area contributed by atoms with Crippen molar-refractivity contribution in [3.63, 3.8) is 0 Å². The largest absolute Gasteiger partial charge is 0.491 e. The summed E-state index contributed by atoms with van der Waals surface area (Å²) in [5.74, 6) is 2.97. The molecule has 0 saturated carbocycles. The average Bonchev–Trinajstić information content (AvgIpc) is 3.38. The fourth-order valence-electron chi connectivity index (χ4n) is 4.35. The highest BCUT2D eigenvalue weighted by molar-refractivity contribution is 5.99. The van der Waals surface area contributed by atoms with Gasteiger partial charge in [-0.05, 0) is 84.8 Å². The number of aliphatic hydroxyl groups excluding tert-OH is 1. The maximum Gasteiger partial charge on any atom is 0.231 e. The lowest BCUT2D eigenvalue weighted by molar-refractivity contribution is 0.0511. The van der Waals surface area contributed by atoms with Gasteiger partial charge in [0, 0.05) is 13.7 Å². The average molecular weight is 506 g/mol. The van der Waals surface area contributed by atoms with Gasteiger partial charge in [-0.2, -0.15) is 0 Å². The number of benzene rings is 3. The first-order valence-corrected chi connectivity index (χ1v) is 12.4. The summed E-state index contributed by atoms with van der Waals surface area (Å²) in [5, 5.41) is 10.1. The van der Waals surface area contributed by atoms with Crippen molar-refractivity contribution < 1.29 is 28.8 Å². The molecule has 7 nitrogen and oxygen atoms in total. The third-order valence-corrected chi connectivity index (χ3v) is 6.02. The third kappa shape index (κ3) is 6.83. The van der Waals surface area contributed by atoms with Crippen LogP contribution in [0.1, 0.15) is 30.0 Å². The van der Waals surface area contributed by atoms with Crippen LogP contribution in [0, 0.1) is 0 Å². The normalized spacial score (nSPS) is 13.9. The molecule has 1 aliphatic rings. The lowest BCUT2D eigenvalue weighted by atomic mass is 9.88. The van der Waals surface area contributed by atoms with Crippen molar-refractivity contribution in [1.29, 1.82) is 0 Å². The van der Waals surface area contributed by atoms with Crippen LogP contribution in [0.25, 0.3) is 11.1 Å². The van der Waals surface area contributed by atoms with E-state index in [2.05, 4.69) is 37.3 Å². The van der Waals surface area contributed by atoms with E-state index in [0.29, 0.717) is 12.3 Å². The van der Waals surface area contributed by atoms with E-state index >= 15 is 0 Å². The van der Waals surface area contributed by atoms with E-state index in [-0.39, 0.29) is 20.2 Å². The summed E-state index contributed by atoms with van der Waals surface area (Å²) in [6.45, 7) is 3.37. The zero-order chi connectivity index (χ0) is 26.2. The topological polar surface area (TPSA) is 69.6 Å². The molecule has 196 valence electrons. The van der Waals surface area contributed by atoms with Gasteiger partial charge < -0.3 is 33.7 Å². The van der Waals surface area contributed by atoms with Crippen molar-refractivity contribution in [3.05, 3.63) is 83.4 Å². The van der Waals surface area contributed by atoms with Crippen LogP contribution < -0.4 is 18.9 Å². The minimum atomic E-state index is -0.554. The predicted octanol–water partition coefficient (Wildman–Crippen LogP) is 5.07. The highest BCUT2D eigenvalue weighted by Gasteiger charge is 2.18. The molecule has 37 heavy (non-hydrogen) atoms. The molecule has 0 amide bonds. The number of allylic oxidation sites excluding steroid dienone is 1. The van der Waals surface area contributed by atoms with Crippen LogP contribution in [-0.4, -0.2) is 64.1 Å². The molecule has 1 N–H and O–H groups in total. The van der Waals surface area contributed by atoms with E-state index < -0.39 is 6.10 Å². The van der Waals surface area contributed by atoms with Crippen LogP contribution in [0.15, 0.2) is 66.7 Å². The first kappa shape index (κ1) is 26.5. The Morgan fingerprint density at radius 2 is 1.46 bits per heavy atom. The van der Waals surface area contributed by atoms with E-state index in [1.165, 1.54) is 5.57 Å². The lowest BCUT2D eigenvalue weighted by Gasteiger charge is -2.18. The third-order valence-electron chi connectivity index (χ3n) is 6.02. The van der Waals surface area contributed by atoms with Gasteiger partial charge in [0.05, 0.1) is 0 Å². The minimum Gasteiger partial charge on any atom is -0.491 e. The maximum absolute atomic E-state index is 10.1. The molecule has 0 spiro atoms. The second-order valence-electron chi connectivity index (χ2n) is 9.10. The van der Waals surface area contributed by atoms with E-state index in [9.17, 15) is 5.11 Å². The molecule has 1 unspecified atom stereocenters. The van der Waals surface area contributed by atoms with Crippen molar-refractivity contribution in [2.75, 3.05) is 47.9 Å². The summed E-state index contributed by atoms with van der Waals surface area (Å²) in [5.41, 5.74) is 5.49. The van der Waals surface area contributed by atoms with Crippen LogP contribution in [-0.2, 0) is 4.74 Å². The Morgan fingerprint density at radius 1 is 0.865 bits per heavy atom. The molecule has 0 saturated heterocycles. The molecule has 0 fully saturated rings. The lowest BCUT2D eigenvalue weighted by Crippen LogP contribution is -2.30. The fraction of sp³-hybridized carbons (Fsp3) is 0.333. The van der Waals surface area contributed by atoms with Gasteiger partial charge in [-0.1, -0.05) is 37.3 Å².